The molecule has 1 aliphatic rings. The van der Waals surface area contributed by atoms with Crippen LogP contribution < -0.4 is 10.6 Å². The number of nitrogens with zero attached hydrogens (tertiary/aromatic N) is 6. The number of anilines is 1. The Bertz CT molecular complexity index is 1790. The highest BCUT2D eigenvalue weighted by Gasteiger charge is 2.34. The number of fused-ring (bicyclic) bond motifs is 1. The summed E-state index contributed by atoms with van der Waals surface area (Å²) in [5.41, 5.74) is 1.71. The summed E-state index contributed by atoms with van der Waals surface area (Å²) in [6.07, 6.45) is 0.217. The molecule has 4 aromatic rings. The van der Waals surface area contributed by atoms with E-state index in [1.54, 1.807) is 35.4 Å². The molecule has 0 unspecified atom stereocenters. The standard InChI is InChI=1S/C32H33ClF2N6O2/c1-7-25(42)39-15-20(6)40(16-19(39)5)30-23-14-24(33)27(21-10-8-9-11-22(21)29(34)35)37-31(23)41(32(43)38-30)28-18(4)12-13-36-26(28)17(2)3/h7-14,17,19-20,29H,1,15-16H2,2-6H3/t19-,20+/m1/s1. The van der Waals surface area contributed by atoms with E-state index in [-0.39, 0.29) is 51.4 Å². The van der Waals surface area contributed by atoms with Crippen LogP contribution in [-0.2, 0) is 4.79 Å². The van der Waals surface area contributed by atoms with Crippen molar-refractivity contribution in [2.24, 2.45) is 0 Å². The summed E-state index contributed by atoms with van der Waals surface area (Å²) in [6.45, 7) is 14.1. The first-order valence-corrected chi connectivity index (χ1v) is 14.5. The topological polar surface area (TPSA) is 84.2 Å². The molecule has 1 aromatic carbocycles. The SMILES string of the molecule is C=CC(=O)N1C[C@H](C)N(c2nc(=O)n(-c3c(C)ccnc3C(C)C)c3nc(-c4ccccc4C(F)F)c(Cl)cc23)C[C@H]1C. The number of pyridine rings is 2. The fourth-order valence-electron chi connectivity index (χ4n) is 5.75. The molecule has 0 spiro atoms. The second-order valence-corrected chi connectivity index (χ2v) is 11.6. The largest absolute Gasteiger partial charge is 0.355 e. The summed E-state index contributed by atoms with van der Waals surface area (Å²) >= 11 is 6.81. The van der Waals surface area contributed by atoms with Gasteiger partial charge in [0, 0.05) is 42.5 Å². The lowest BCUT2D eigenvalue weighted by molar-refractivity contribution is -0.128. The molecule has 0 bridgehead atoms. The van der Waals surface area contributed by atoms with Crippen LogP contribution in [0.5, 0.6) is 0 Å². The highest BCUT2D eigenvalue weighted by Crippen LogP contribution is 2.38. The smallest absolute Gasteiger partial charge is 0.349 e. The average molecular weight is 607 g/mol. The molecule has 0 aliphatic carbocycles. The van der Waals surface area contributed by atoms with E-state index in [0.29, 0.717) is 35.7 Å². The van der Waals surface area contributed by atoms with Gasteiger partial charge >= 0.3 is 5.69 Å². The predicted molar refractivity (Wildman–Crippen MR) is 165 cm³/mol. The van der Waals surface area contributed by atoms with E-state index in [9.17, 15) is 18.4 Å². The van der Waals surface area contributed by atoms with Gasteiger partial charge in [-0.1, -0.05) is 56.3 Å². The lowest BCUT2D eigenvalue weighted by atomic mass is 10.0. The average Bonchev–Trinajstić information content (AvgIpc) is 2.97. The van der Waals surface area contributed by atoms with Crippen LogP contribution in [0, 0.1) is 6.92 Å². The number of carbonyl (C=O) groups is 1. The van der Waals surface area contributed by atoms with Crippen LogP contribution in [0.3, 0.4) is 0 Å². The number of carbonyl (C=O) groups excluding carboxylic acids is 1. The molecule has 0 N–H and O–H groups in total. The van der Waals surface area contributed by atoms with Crippen LogP contribution in [0.2, 0.25) is 5.02 Å². The Morgan fingerprint density at radius 1 is 1.12 bits per heavy atom. The van der Waals surface area contributed by atoms with E-state index in [0.717, 1.165) is 5.56 Å². The number of aromatic nitrogens is 4. The van der Waals surface area contributed by atoms with Gasteiger partial charge in [-0.25, -0.2) is 23.1 Å². The van der Waals surface area contributed by atoms with Crippen LogP contribution in [0.25, 0.3) is 28.0 Å². The highest BCUT2D eigenvalue weighted by atomic mass is 35.5. The molecule has 4 heterocycles. The lowest BCUT2D eigenvalue weighted by Gasteiger charge is -2.44. The fraction of sp³-hybridized carbons (Fsp3) is 0.344. The predicted octanol–water partition coefficient (Wildman–Crippen LogP) is 6.48. The van der Waals surface area contributed by atoms with Gasteiger partial charge in [0.25, 0.3) is 6.43 Å². The first-order chi connectivity index (χ1) is 20.4. The number of aryl methyl sites for hydroxylation is 1. The maximum absolute atomic E-state index is 14.1. The van der Waals surface area contributed by atoms with Gasteiger partial charge in [0.1, 0.15) is 5.82 Å². The Kier molecular flexibility index (Phi) is 8.34. The molecule has 0 saturated carbocycles. The number of halogens is 3. The zero-order valence-electron chi connectivity index (χ0n) is 24.7. The van der Waals surface area contributed by atoms with Crippen molar-refractivity contribution in [3.05, 3.63) is 87.6 Å². The van der Waals surface area contributed by atoms with Gasteiger partial charge in [-0.05, 0) is 50.5 Å². The van der Waals surface area contributed by atoms with Crippen molar-refractivity contribution in [3.63, 3.8) is 0 Å². The number of alkyl halides is 2. The maximum atomic E-state index is 14.1. The van der Waals surface area contributed by atoms with Gasteiger partial charge in [0.15, 0.2) is 5.65 Å². The van der Waals surface area contributed by atoms with Gasteiger partial charge in [-0.15, -0.1) is 0 Å². The minimum Gasteiger partial charge on any atom is -0.349 e. The number of amides is 1. The summed E-state index contributed by atoms with van der Waals surface area (Å²) in [6, 6.07) is 9.08. The van der Waals surface area contributed by atoms with Crippen molar-refractivity contribution in [2.45, 2.75) is 59.0 Å². The second kappa shape index (κ2) is 11.8. The molecule has 11 heteroatoms. The Hall–Kier alpha value is -4.18. The van der Waals surface area contributed by atoms with Crippen LogP contribution in [0.15, 0.2) is 60.0 Å². The van der Waals surface area contributed by atoms with E-state index < -0.39 is 12.1 Å². The molecule has 1 aliphatic heterocycles. The van der Waals surface area contributed by atoms with Crippen LogP contribution in [0.1, 0.15) is 56.9 Å². The van der Waals surface area contributed by atoms with Gasteiger partial charge in [0.05, 0.1) is 27.5 Å². The van der Waals surface area contributed by atoms with Crippen LogP contribution in [0.4, 0.5) is 14.6 Å². The summed E-state index contributed by atoms with van der Waals surface area (Å²) in [4.78, 5) is 44.2. The highest BCUT2D eigenvalue weighted by molar-refractivity contribution is 6.34. The molecule has 224 valence electrons. The third kappa shape index (κ3) is 5.40. The molecule has 2 atom stereocenters. The summed E-state index contributed by atoms with van der Waals surface area (Å²) in [5, 5.41) is 0.616. The number of hydrogen-bond donors (Lipinski definition) is 0. The minimum absolute atomic E-state index is 0.0424. The first-order valence-electron chi connectivity index (χ1n) is 14.1. The molecular formula is C32H33ClF2N6O2. The minimum atomic E-state index is -2.76. The zero-order valence-corrected chi connectivity index (χ0v) is 25.4. The first kappa shape index (κ1) is 30.3. The lowest BCUT2D eigenvalue weighted by Crippen LogP contribution is -2.58. The van der Waals surface area contributed by atoms with Gasteiger partial charge in [-0.2, -0.15) is 4.98 Å². The second-order valence-electron chi connectivity index (χ2n) is 11.2. The monoisotopic (exact) mass is 606 g/mol. The normalized spacial score (nSPS) is 17.3. The third-order valence-electron chi connectivity index (χ3n) is 7.89. The fourth-order valence-corrected chi connectivity index (χ4v) is 6.00. The number of rotatable bonds is 6. The molecule has 5 rings (SSSR count). The Balaban J connectivity index is 1.84. The van der Waals surface area contributed by atoms with E-state index >= 15 is 0 Å². The quantitative estimate of drug-likeness (QED) is 0.234. The maximum Gasteiger partial charge on any atom is 0.355 e. The van der Waals surface area contributed by atoms with E-state index in [1.807, 2.05) is 39.5 Å². The van der Waals surface area contributed by atoms with Gasteiger partial charge < -0.3 is 9.80 Å². The summed E-state index contributed by atoms with van der Waals surface area (Å²) < 4.78 is 29.6. The molecular weight excluding hydrogens is 574 g/mol. The van der Waals surface area contributed by atoms with Crippen molar-refractivity contribution in [1.29, 1.82) is 0 Å². The molecule has 1 fully saturated rings. The number of benzene rings is 1. The molecule has 0 radical (unpaired) electrons. The zero-order chi connectivity index (χ0) is 31.2. The Labute approximate surface area is 253 Å². The third-order valence-corrected chi connectivity index (χ3v) is 8.18. The van der Waals surface area contributed by atoms with Crippen molar-refractivity contribution >= 4 is 34.4 Å². The van der Waals surface area contributed by atoms with Gasteiger partial charge in [0.2, 0.25) is 5.91 Å². The van der Waals surface area contributed by atoms with Crippen LogP contribution >= 0.6 is 11.6 Å². The summed E-state index contributed by atoms with van der Waals surface area (Å²) in [7, 11) is 0. The van der Waals surface area contributed by atoms with Crippen molar-refractivity contribution in [2.75, 3.05) is 18.0 Å². The van der Waals surface area contributed by atoms with E-state index in [2.05, 4.69) is 16.5 Å². The molecule has 3 aromatic heterocycles. The summed E-state index contributed by atoms with van der Waals surface area (Å²) in [5.74, 6) is 0.142. The molecule has 43 heavy (non-hydrogen) atoms. The van der Waals surface area contributed by atoms with Crippen molar-refractivity contribution in [1.82, 2.24) is 24.4 Å². The van der Waals surface area contributed by atoms with E-state index in [1.165, 1.54) is 22.8 Å². The van der Waals surface area contributed by atoms with E-state index in [4.69, 9.17) is 16.6 Å². The molecule has 8 nitrogen and oxygen atoms in total. The van der Waals surface area contributed by atoms with Gasteiger partial charge in [-0.3, -0.25) is 9.78 Å². The van der Waals surface area contributed by atoms with Crippen molar-refractivity contribution in [3.8, 4) is 16.9 Å². The Morgan fingerprint density at radius 2 is 1.84 bits per heavy atom. The van der Waals surface area contributed by atoms with Crippen LogP contribution in [-0.4, -0.2) is 55.5 Å². The molecule has 1 saturated heterocycles. The van der Waals surface area contributed by atoms with Crippen molar-refractivity contribution < 1.29 is 13.6 Å². The molecule has 1 amide bonds. The Morgan fingerprint density at radius 3 is 2.51 bits per heavy atom. The number of hydrogen-bond acceptors (Lipinski definition) is 6. The number of piperazine rings is 1.